The van der Waals surface area contributed by atoms with Gasteiger partial charge in [0, 0.05) is 24.5 Å². The van der Waals surface area contributed by atoms with Crippen molar-refractivity contribution >= 4 is 17.3 Å². The summed E-state index contributed by atoms with van der Waals surface area (Å²) in [5.41, 5.74) is 2.94. The Bertz CT molecular complexity index is 694. The lowest BCUT2D eigenvalue weighted by atomic mass is 10.3. The molecule has 0 unspecified atom stereocenters. The van der Waals surface area contributed by atoms with E-state index in [0.29, 0.717) is 11.6 Å². The number of anilines is 1. The van der Waals surface area contributed by atoms with Crippen LogP contribution in [0.4, 0.5) is 5.69 Å². The van der Waals surface area contributed by atoms with Crippen molar-refractivity contribution in [1.82, 2.24) is 14.8 Å². The van der Waals surface area contributed by atoms with E-state index in [9.17, 15) is 0 Å². The second-order valence-corrected chi connectivity index (χ2v) is 4.74. The predicted molar refractivity (Wildman–Crippen MR) is 80.1 cm³/mol. The maximum Gasteiger partial charge on any atom is 0.0718 e. The van der Waals surface area contributed by atoms with Crippen molar-refractivity contribution in [2.45, 2.75) is 6.54 Å². The van der Waals surface area contributed by atoms with Gasteiger partial charge in [-0.05, 0) is 18.2 Å². The Kier molecular flexibility index (Phi) is 3.65. The number of aromatic nitrogens is 3. The van der Waals surface area contributed by atoms with Crippen molar-refractivity contribution in [1.29, 1.82) is 0 Å². The SMILES string of the molecule is Clc1ccncc1NCc1cnn(-c2ccccc2)c1. The van der Waals surface area contributed by atoms with Crippen LogP contribution in [0.1, 0.15) is 5.56 Å². The second-order valence-electron chi connectivity index (χ2n) is 4.34. The number of halogens is 1. The minimum Gasteiger partial charge on any atom is -0.378 e. The van der Waals surface area contributed by atoms with Crippen LogP contribution in [-0.2, 0) is 6.54 Å². The molecule has 0 saturated heterocycles. The van der Waals surface area contributed by atoms with Crippen LogP contribution in [0.25, 0.3) is 5.69 Å². The van der Waals surface area contributed by atoms with Crippen LogP contribution in [0.15, 0.2) is 61.2 Å². The lowest BCUT2D eigenvalue weighted by Crippen LogP contribution is -1.99. The molecule has 20 heavy (non-hydrogen) atoms. The minimum atomic E-state index is 0.651. The molecule has 0 spiro atoms. The van der Waals surface area contributed by atoms with Gasteiger partial charge in [0.05, 0.1) is 28.8 Å². The first-order valence-corrected chi connectivity index (χ1v) is 6.63. The maximum atomic E-state index is 6.07. The molecule has 0 fully saturated rings. The summed E-state index contributed by atoms with van der Waals surface area (Å²) in [5, 5.41) is 8.26. The van der Waals surface area contributed by atoms with E-state index in [-0.39, 0.29) is 0 Å². The van der Waals surface area contributed by atoms with Crippen LogP contribution in [0.2, 0.25) is 5.02 Å². The summed E-state index contributed by atoms with van der Waals surface area (Å²) in [4.78, 5) is 4.04. The quantitative estimate of drug-likeness (QED) is 0.797. The van der Waals surface area contributed by atoms with Gasteiger partial charge >= 0.3 is 0 Å². The molecule has 1 aromatic carbocycles. The molecule has 1 N–H and O–H groups in total. The maximum absolute atomic E-state index is 6.07. The van der Waals surface area contributed by atoms with Crippen molar-refractivity contribution in [3.8, 4) is 5.69 Å². The highest BCUT2D eigenvalue weighted by Gasteiger charge is 2.02. The zero-order chi connectivity index (χ0) is 13.8. The molecule has 0 aliphatic rings. The molecule has 0 bridgehead atoms. The molecule has 0 radical (unpaired) electrons. The topological polar surface area (TPSA) is 42.7 Å². The standard InChI is InChI=1S/C15H13ClN4/c16-14-6-7-17-10-15(14)18-8-12-9-19-20(11-12)13-4-2-1-3-5-13/h1-7,9-11,18H,8H2. The number of benzene rings is 1. The van der Waals surface area contributed by atoms with E-state index in [1.54, 1.807) is 18.5 Å². The van der Waals surface area contributed by atoms with Crippen molar-refractivity contribution in [3.63, 3.8) is 0 Å². The van der Waals surface area contributed by atoms with E-state index in [1.807, 2.05) is 47.4 Å². The fourth-order valence-electron chi connectivity index (χ4n) is 1.88. The number of hydrogen-bond donors (Lipinski definition) is 1. The summed E-state index contributed by atoms with van der Waals surface area (Å²) in [7, 11) is 0. The Hall–Kier alpha value is -2.33. The first-order chi connectivity index (χ1) is 9.83. The molecular formula is C15H13ClN4. The Morgan fingerprint density at radius 3 is 2.75 bits per heavy atom. The van der Waals surface area contributed by atoms with Gasteiger partial charge in [-0.1, -0.05) is 29.8 Å². The van der Waals surface area contributed by atoms with Crippen LogP contribution in [-0.4, -0.2) is 14.8 Å². The van der Waals surface area contributed by atoms with Gasteiger partial charge in [0.15, 0.2) is 0 Å². The van der Waals surface area contributed by atoms with Gasteiger partial charge in [0.1, 0.15) is 0 Å². The van der Waals surface area contributed by atoms with Crippen molar-refractivity contribution < 1.29 is 0 Å². The first kappa shape index (κ1) is 12.7. The predicted octanol–water partition coefficient (Wildman–Crippen LogP) is 3.53. The molecule has 0 aliphatic carbocycles. The highest BCUT2D eigenvalue weighted by molar-refractivity contribution is 6.33. The van der Waals surface area contributed by atoms with Crippen molar-refractivity contribution in [2.75, 3.05) is 5.32 Å². The third-order valence-electron chi connectivity index (χ3n) is 2.91. The lowest BCUT2D eigenvalue weighted by Gasteiger charge is -2.05. The van der Waals surface area contributed by atoms with Gasteiger partial charge in [-0.2, -0.15) is 5.10 Å². The van der Waals surface area contributed by atoms with Crippen LogP contribution in [0.3, 0.4) is 0 Å². The summed E-state index contributed by atoms with van der Waals surface area (Å²) < 4.78 is 1.85. The summed E-state index contributed by atoms with van der Waals surface area (Å²) in [6.07, 6.45) is 7.21. The number of hydrogen-bond acceptors (Lipinski definition) is 3. The number of pyridine rings is 1. The number of nitrogens with zero attached hydrogens (tertiary/aromatic N) is 3. The lowest BCUT2D eigenvalue weighted by molar-refractivity contribution is 0.880. The van der Waals surface area contributed by atoms with E-state index < -0.39 is 0 Å². The van der Waals surface area contributed by atoms with E-state index in [4.69, 9.17) is 11.6 Å². The molecule has 5 heteroatoms. The zero-order valence-electron chi connectivity index (χ0n) is 10.7. The summed E-state index contributed by atoms with van der Waals surface area (Å²) >= 11 is 6.07. The van der Waals surface area contributed by atoms with E-state index in [2.05, 4.69) is 15.4 Å². The largest absolute Gasteiger partial charge is 0.378 e. The molecule has 0 aliphatic heterocycles. The van der Waals surface area contributed by atoms with Crippen molar-refractivity contribution in [3.05, 3.63) is 71.8 Å². The third kappa shape index (κ3) is 2.81. The van der Waals surface area contributed by atoms with E-state index >= 15 is 0 Å². The summed E-state index contributed by atoms with van der Waals surface area (Å²) in [6.45, 7) is 0.651. The Morgan fingerprint density at radius 2 is 1.95 bits per heavy atom. The normalized spacial score (nSPS) is 10.4. The molecule has 100 valence electrons. The summed E-state index contributed by atoms with van der Waals surface area (Å²) in [6, 6.07) is 11.8. The molecule has 0 atom stereocenters. The monoisotopic (exact) mass is 284 g/mol. The van der Waals surface area contributed by atoms with Crippen LogP contribution in [0.5, 0.6) is 0 Å². The smallest absolute Gasteiger partial charge is 0.0718 e. The van der Waals surface area contributed by atoms with Crippen LogP contribution < -0.4 is 5.32 Å². The van der Waals surface area contributed by atoms with E-state index in [1.165, 1.54) is 0 Å². The van der Waals surface area contributed by atoms with Crippen LogP contribution in [0, 0.1) is 0 Å². The Morgan fingerprint density at radius 1 is 1.10 bits per heavy atom. The Balaban J connectivity index is 1.71. The fraction of sp³-hybridized carbons (Fsp3) is 0.0667. The molecule has 0 amide bonds. The fourth-order valence-corrected chi connectivity index (χ4v) is 2.05. The molecule has 2 heterocycles. The molecule has 3 rings (SSSR count). The second kappa shape index (κ2) is 5.75. The Labute approximate surface area is 122 Å². The van der Waals surface area contributed by atoms with Gasteiger partial charge in [-0.3, -0.25) is 4.98 Å². The zero-order valence-corrected chi connectivity index (χ0v) is 11.5. The number of para-hydroxylation sites is 1. The number of rotatable bonds is 4. The van der Waals surface area contributed by atoms with Crippen LogP contribution >= 0.6 is 11.6 Å². The van der Waals surface area contributed by atoms with E-state index in [0.717, 1.165) is 16.9 Å². The molecular weight excluding hydrogens is 272 g/mol. The van der Waals surface area contributed by atoms with Gasteiger partial charge in [-0.25, -0.2) is 4.68 Å². The van der Waals surface area contributed by atoms with Gasteiger partial charge < -0.3 is 5.32 Å². The first-order valence-electron chi connectivity index (χ1n) is 6.25. The minimum absolute atomic E-state index is 0.651. The van der Waals surface area contributed by atoms with Gasteiger partial charge in [0.2, 0.25) is 0 Å². The van der Waals surface area contributed by atoms with Gasteiger partial charge in [0.25, 0.3) is 0 Å². The molecule has 0 saturated carbocycles. The third-order valence-corrected chi connectivity index (χ3v) is 3.24. The average Bonchev–Trinajstić information content (AvgIpc) is 2.96. The molecule has 3 aromatic rings. The highest BCUT2D eigenvalue weighted by atomic mass is 35.5. The molecule has 2 aromatic heterocycles. The average molecular weight is 285 g/mol. The number of nitrogens with one attached hydrogen (secondary N) is 1. The summed E-state index contributed by atoms with van der Waals surface area (Å²) in [5.74, 6) is 0. The van der Waals surface area contributed by atoms with Gasteiger partial charge in [-0.15, -0.1) is 0 Å². The van der Waals surface area contributed by atoms with Crippen molar-refractivity contribution in [2.24, 2.45) is 0 Å². The highest BCUT2D eigenvalue weighted by Crippen LogP contribution is 2.19. The molecule has 4 nitrogen and oxygen atoms in total.